The topological polar surface area (TPSA) is 41.1 Å². The van der Waals surface area contributed by atoms with Gasteiger partial charge in [0.25, 0.3) is 0 Å². The van der Waals surface area contributed by atoms with E-state index in [4.69, 9.17) is 35.4 Å². The maximum atomic E-state index is 12.6. The second-order valence-corrected chi connectivity index (χ2v) is 9.47. The molecular formula is C19H22Cl2N2OS. The summed E-state index contributed by atoms with van der Waals surface area (Å²) >= 11 is 17.4. The lowest BCUT2D eigenvalue weighted by Gasteiger charge is -2.56. The molecule has 1 aromatic carbocycles. The Morgan fingerprint density at radius 2 is 1.72 bits per heavy atom. The number of amides is 1. The monoisotopic (exact) mass is 396 g/mol. The lowest BCUT2D eigenvalue weighted by molar-refractivity contribution is -0.127. The summed E-state index contributed by atoms with van der Waals surface area (Å²) in [5.41, 5.74) is 0.816. The van der Waals surface area contributed by atoms with Crippen LogP contribution in [0.4, 0.5) is 5.69 Å². The van der Waals surface area contributed by atoms with Gasteiger partial charge in [0.1, 0.15) is 0 Å². The first kappa shape index (κ1) is 17.6. The molecule has 5 rings (SSSR count). The van der Waals surface area contributed by atoms with E-state index in [0.717, 1.165) is 17.8 Å². The van der Waals surface area contributed by atoms with Crippen molar-refractivity contribution in [3.8, 4) is 0 Å². The zero-order valence-electron chi connectivity index (χ0n) is 14.0. The number of halogens is 2. The van der Waals surface area contributed by atoms with E-state index in [1.807, 2.05) is 0 Å². The van der Waals surface area contributed by atoms with Gasteiger partial charge in [-0.25, -0.2) is 0 Å². The smallest absolute Gasteiger partial charge is 0.226 e. The van der Waals surface area contributed by atoms with Crippen molar-refractivity contribution in [3.05, 3.63) is 28.2 Å². The minimum absolute atomic E-state index is 0.0117. The normalized spacial score (nSPS) is 32.5. The molecule has 4 fully saturated rings. The average Bonchev–Trinajstić information content (AvgIpc) is 2.48. The number of rotatable bonds is 3. The van der Waals surface area contributed by atoms with Crippen molar-refractivity contribution in [1.29, 1.82) is 0 Å². The molecular weight excluding hydrogens is 375 g/mol. The molecule has 4 aliphatic rings. The number of thiocarbonyl (C=S) groups is 1. The van der Waals surface area contributed by atoms with Gasteiger partial charge in [-0.15, -0.1) is 0 Å². The van der Waals surface area contributed by atoms with Crippen LogP contribution >= 0.6 is 35.4 Å². The fraction of sp³-hybridized carbons (Fsp3) is 0.579. The Hall–Kier alpha value is -0.840. The third-order valence-corrected chi connectivity index (χ3v) is 6.90. The second kappa shape index (κ2) is 6.71. The van der Waals surface area contributed by atoms with E-state index in [1.54, 1.807) is 18.2 Å². The summed E-state index contributed by atoms with van der Waals surface area (Å²) in [5, 5.41) is 7.16. The van der Waals surface area contributed by atoms with Crippen LogP contribution in [0.2, 0.25) is 10.0 Å². The summed E-state index contributed by atoms with van der Waals surface area (Å²) < 4.78 is 0. The summed E-state index contributed by atoms with van der Waals surface area (Å²) in [6, 6.07) is 5.11. The van der Waals surface area contributed by atoms with Crippen LogP contribution in [0, 0.1) is 23.2 Å². The lowest BCUT2D eigenvalue weighted by atomic mass is 9.49. The third-order valence-electron chi connectivity index (χ3n) is 6.13. The van der Waals surface area contributed by atoms with Gasteiger partial charge < -0.3 is 10.6 Å². The van der Waals surface area contributed by atoms with Gasteiger partial charge in [0.15, 0.2) is 5.11 Å². The van der Waals surface area contributed by atoms with Crippen molar-refractivity contribution in [1.82, 2.24) is 5.32 Å². The van der Waals surface area contributed by atoms with Crippen molar-refractivity contribution in [2.45, 2.75) is 44.9 Å². The Morgan fingerprint density at radius 3 is 2.32 bits per heavy atom. The van der Waals surface area contributed by atoms with Crippen molar-refractivity contribution in [2.24, 2.45) is 23.2 Å². The van der Waals surface area contributed by atoms with E-state index in [0.29, 0.717) is 22.2 Å². The third kappa shape index (κ3) is 3.81. The zero-order chi connectivity index (χ0) is 17.6. The predicted octanol–water partition coefficient (Wildman–Crippen LogP) is 5.41. The predicted molar refractivity (Wildman–Crippen MR) is 106 cm³/mol. The van der Waals surface area contributed by atoms with Crippen LogP contribution in [0.5, 0.6) is 0 Å². The van der Waals surface area contributed by atoms with Gasteiger partial charge in [-0.3, -0.25) is 4.79 Å². The highest BCUT2D eigenvalue weighted by molar-refractivity contribution is 7.80. The van der Waals surface area contributed by atoms with Crippen molar-refractivity contribution >= 4 is 52.1 Å². The number of benzene rings is 1. The van der Waals surface area contributed by atoms with E-state index in [2.05, 4.69) is 10.6 Å². The molecule has 4 aliphatic carbocycles. The maximum Gasteiger partial charge on any atom is 0.226 e. The van der Waals surface area contributed by atoms with Crippen LogP contribution in [0.15, 0.2) is 18.2 Å². The molecule has 1 aromatic rings. The quantitative estimate of drug-likeness (QED) is 0.670. The molecule has 0 aromatic heterocycles. The Morgan fingerprint density at radius 1 is 1.12 bits per heavy atom. The molecule has 134 valence electrons. The number of nitrogens with one attached hydrogen (secondary N) is 2. The molecule has 0 aliphatic heterocycles. The van der Waals surface area contributed by atoms with Crippen LogP contribution in [0.25, 0.3) is 0 Å². The molecule has 4 saturated carbocycles. The molecule has 25 heavy (non-hydrogen) atoms. The highest BCUT2D eigenvalue weighted by Gasteiger charge is 2.51. The molecule has 0 heterocycles. The molecule has 3 nitrogen and oxygen atoms in total. The number of hydrogen-bond donors (Lipinski definition) is 2. The van der Waals surface area contributed by atoms with Gasteiger partial charge in [-0.05, 0) is 92.1 Å². The molecule has 2 N–H and O–H groups in total. The molecule has 0 saturated heterocycles. The summed E-state index contributed by atoms with van der Waals surface area (Å²) in [6.07, 6.45) is 8.38. The van der Waals surface area contributed by atoms with Crippen LogP contribution in [-0.2, 0) is 4.79 Å². The molecule has 0 unspecified atom stereocenters. The van der Waals surface area contributed by atoms with E-state index < -0.39 is 0 Å². The first-order chi connectivity index (χ1) is 11.9. The molecule has 6 heteroatoms. The first-order valence-corrected chi connectivity index (χ1v) is 10.1. The lowest BCUT2D eigenvalue weighted by Crippen LogP contribution is -2.48. The summed E-state index contributed by atoms with van der Waals surface area (Å²) in [7, 11) is 0. The first-order valence-electron chi connectivity index (χ1n) is 8.97. The van der Waals surface area contributed by atoms with Crippen molar-refractivity contribution in [2.75, 3.05) is 5.32 Å². The Balaban J connectivity index is 1.36. The number of carbonyl (C=O) groups is 1. The van der Waals surface area contributed by atoms with E-state index >= 15 is 0 Å². The van der Waals surface area contributed by atoms with Gasteiger partial charge in [-0.2, -0.15) is 0 Å². The number of anilines is 1. The Bertz CT molecular complexity index is 686. The molecule has 0 atom stereocenters. The zero-order valence-corrected chi connectivity index (χ0v) is 16.3. The van der Waals surface area contributed by atoms with E-state index in [-0.39, 0.29) is 16.4 Å². The summed E-state index contributed by atoms with van der Waals surface area (Å²) in [4.78, 5) is 12.6. The Kier molecular flexibility index (Phi) is 4.72. The summed E-state index contributed by atoms with van der Waals surface area (Å²) in [5.74, 6) is 2.54. The van der Waals surface area contributed by atoms with Crippen LogP contribution in [-0.4, -0.2) is 11.0 Å². The number of carbonyl (C=O) groups excluding carboxylic acids is 1. The molecule has 1 amide bonds. The van der Waals surface area contributed by atoms with Crippen LogP contribution < -0.4 is 10.6 Å². The van der Waals surface area contributed by atoms with E-state index in [9.17, 15) is 4.79 Å². The van der Waals surface area contributed by atoms with Gasteiger partial charge in [0.05, 0.1) is 10.7 Å². The molecule has 4 bridgehead atoms. The average molecular weight is 397 g/mol. The fourth-order valence-corrected chi connectivity index (χ4v) is 6.33. The molecule has 0 radical (unpaired) electrons. The number of hydrogen-bond acceptors (Lipinski definition) is 2. The maximum absolute atomic E-state index is 12.6. The summed E-state index contributed by atoms with van der Waals surface area (Å²) in [6.45, 7) is 0. The Labute approximate surface area is 163 Å². The highest BCUT2D eigenvalue weighted by atomic mass is 35.5. The second-order valence-electron chi connectivity index (χ2n) is 8.22. The van der Waals surface area contributed by atoms with Crippen molar-refractivity contribution < 1.29 is 4.79 Å². The van der Waals surface area contributed by atoms with Gasteiger partial charge in [0.2, 0.25) is 5.91 Å². The largest absolute Gasteiger partial charge is 0.331 e. The van der Waals surface area contributed by atoms with E-state index in [1.165, 1.54) is 38.5 Å². The van der Waals surface area contributed by atoms with Crippen molar-refractivity contribution in [3.63, 3.8) is 0 Å². The fourth-order valence-electron chi connectivity index (χ4n) is 5.76. The van der Waals surface area contributed by atoms with Crippen LogP contribution in [0.3, 0.4) is 0 Å². The standard InChI is InChI=1S/C19H22Cl2N2OS/c20-14-1-2-15(21)16(6-14)22-18(25)23-17(24)10-19-7-11-3-12(8-19)5-13(4-11)9-19/h1-2,6,11-13H,3-5,7-10H2,(H2,22,23,24,25). The van der Waals surface area contributed by atoms with Crippen LogP contribution in [0.1, 0.15) is 44.9 Å². The van der Waals surface area contributed by atoms with Gasteiger partial charge >= 0.3 is 0 Å². The minimum Gasteiger partial charge on any atom is -0.331 e. The van der Waals surface area contributed by atoms with Gasteiger partial charge in [0, 0.05) is 11.4 Å². The van der Waals surface area contributed by atoms with Gasteiger partial charge in [-0.1, -0.05) is 23.2 Å². The SMILES string of the molecule is O=C(CC12CC3CC(CC(C3)C1)C2)NC(=S)Nc1cc(Cl)ccc1Cl. The minimum atomic E-state index is 0.0117. The highest BCUT2D eigenvalue weighted by Crippen LogP contribution is 2.61. The molecule has 0 spiro atoms.